The van der Waals surface area contributed by atoms with E-state index >= 15 is 0 Å². The average molecular weight is 245 g/mol. The van der Waals surface area contributed by atoms with Gasteiger partial charge in [-0.1, -0.05) is 12.1 Å². The Kier molecular flexibility index (Phi) is 4.62. The highest BCUT2D eigenvalue weighted by Crippen LogP contribution is 2.25. The molecule has 0 heterocycles. The van der Waals surface area contributed by atoms with Crippen molar-refractivity contribution in [1.82, 2.24) is 0 Å². The van der Waals surface area contributed by atoms with Crippen molar-refractivity contribution in [1.29, 1.82) is 0 Å². The van der Waals surface area contributed by atoms with Crippen LogP contribution < -0.4 is 5.73 Å². The Morgan fingerprint density at radius 2 is 1.87 bits per heavy atom. The molecule has 1 aromatic rings. The molecular weight excluding hydrogens is 230 g/mol. The van der Waals surface area contributed by atoms with Crippen molar-refractivity contribution >= 4 is 26.3 Å². The first-order valence-electron chi connectivity index (χ1n) is 4.63. The lowest BCUT2D eigenvalue weighted by molar-refractivity contribution is 0.227. The molecule has 0 aliphatic heterocycles. The van der Waals surface area contributed by atoms with Gasteiger partial charge in [0.1, 0.15) is 0 Å². The first-order chi connectivity index (χ1) is 6.99. The minimum atomic E-state index is -3.85. The number of nitrogen functional groups attached to an aromatic ring is 1. The third-order valence-electron chi connectivity index (χ3n) is 1.83. The van der Waals surface area contributed by atoms with Crippen LogP contribution in [0.5, 0.6) is 0 Å². The second-order valence-electron chi connectivity index (χ2n) is 3.26. The fraction of sp³-hybridized carbons (Fsp3) is 0.333. The SMILES string of the molecule is Nc1ccccc1SCCC[Si](O)(O)O. The molecule has 0 unspecified atom stereocenters. The molecule has 5 N–H and O–H groups in total. The van der Waals surface area contributed by atoms with E-state index in [9.17, 15) is 0 Å². The van der Waals surface area contributed by atoms with E-state index in [1.54, 1.807) is 11.8 Å². The molecule has 0 saturated heterocycles. The molecule has 0 bridgehead atoms. The third kappa shape index (κ3) is 5.19. The van der Waals surface area contributed by atoms with Gasteiger partial charge in [-0.05, 0) is 24.3 Å². The average Bonchev–Trinajstić information content (AvgIpc) is 2.13. The van der Waals surface area contributed by atoms with Crippen LogP contribution in [0, 0.1) is 0 Å². The molecule has 0 spiro atoms. The van der Waals surface area contributed by atoms with Crippen LogP contribution in [0.25, 0.3) is 0 Å². The van der Waals surface area contributed by atoms with Gasteiger partial charge in [0.25, 0.3) is 0 Å². The van der Waals surface area contributed by atoms with E-state index in [1.165, 1.54) is 0 Å². The van der Waals surface area contributed by atoms with Gasteiger partial charge >= 0.3 is 8.80 Å². The molecule has 0 radical (unpaired) electrons. The molecule has 1 aromatic carbocycles. The molecule has 0 aliphatic rings. The van der Waals surface area contributed by atoms with Crippen LogP contribution in [0.1, 0.15) is 6.42 Å². The summed E-state index contributed by atoms with van der Waals surface area (Å²) in [6.07, 6.45) is 0.564. The topological polar surface area (TPSA) is 86.7 Å². The summed E-state index contributed by atoms with van der Waals surface area (Å²) >= 11 is 1.55. The second kappa shape index (κ2) is 5.52. The summed E-state index contributed by atoms with van der Waals surface area (Å²) in [5.74, 6) is 0.713. The van der Waals surface area contributed by atoms with Crippen molar-refractivity contribution < 1.29 is 14.4 Å². The number of nitrogens with two attached hydrogens (primary N) is 1. The van der Waals surface area contributed by atoms with E-state index in [1.807, 2.05) is 24.3 Å². The van der Waals surface area contributed by atoms with Crippen LogP contribution >= 0.6 is 11.8 Å². The first-order valence-corrected chi connectivity index (χ1v) is 7.67. The van der Waals surface area contributed by atoms with Crippen molar-refractivity contribution in [3.8, 4) is 0 Å². The van der Waals surface area contributed by atoms with Crippen LogP contribution in [0.2, 0.25) is 6.04 Å². The van der Waals surface area contributed by atoms with Crippen LogP contribution in [0.3, 0.4) is 0 Å². The quantitative estimate of drug-likeness (QED) is 0.265. The number of hydrogen-bond acceptors (Lipinski definition) is 5. The van der Waals surface area contributed by atoms with Gasteiger partial charge < -0.3 is 20.1 Å². The zero-order valence-corrected chi connectivity index (χ0v) is 10.1. The van der Waals surface area contributed by atoms with Crippen molar-refractivity contribution in [3.05, 3.63) is 24.3 Å². The third-order valence-corrected chi connectivity index (χ3v) is 4.03. The fourth-order valence-corrected chi connectivity index (χ4v) is 2.93. The Bertz CT molecular complexity index is 316. The van der Waals surface area contributed by atoms with E-state index in [0.717, 1.165) is 10.6 Å². The largest absolute Gasteiger partial charge is 0.492 e. The number of para-hydroxylation sites is 1. The lowest BCUT2D eigenvalue weighted by Gasteiger charge is -2.09. The maximum atomic E-state index is 8.79. The molecule has 4 nitrogen and oxygen atoms in total. The smallest absolute Gasteiger partial charge is 0.398 e. The Labute approximate surface area is 94.1 Å². The maximum Gasteiger partial charge on any atom is 0.492 e. The summed E-state index contributed by atoms with van der Waals surface area (Å²) in [5.41, 5.74) is 6.45. The number of rotatable bonds is 5. The van der Waals surface area contributed by atoms with Crippen molar-refractivity contribution in [2.75, 3.05) is 11.5 Å². The number of hydrogen-bond donors (Lipinski definition) is 4. The molecule has 0 fully saturated rings. The van der Waals surface area contributed by atoms with Gasteiger partial charge in [-0.3, -0.25) is 0 Å². The van der Waals surface area contributed by atoms with Crippen molar-refractivity contribution in [3.63, 3.8) is 0 Å². The summed E-state index contributed by atoms with van der Waals surface area (Å²) < 4.78 is 0. The van der Waals surface area contributed by atoms with Crippen molar-refractivity contribution in [2.45, 2.75) is 17.4 Å². The molecule has 0 aliphatic carbocycles. The van der Waals surface area contributed by atoms with Crippen LogP contribution in [-0.4, -0.2) is 28.9 Å². The Balaban J connectivity index is 2.30. The number of anilines is 1. The van der Waals surface area contributed by atoms with E-state index in [0.29, 0.717) is 12.2 Å². The molecule has 0 aromatic heterocycles. The lowest BCUT2D eigenvalue weighted by Crippen LogP contribution is -2.34. The van der Waals surface area contributed by atoms with Gasteiger partial charge in [-0.25, -0.2) is 0 Å². The monoisotopic (exact) mass is 245 g/mol. The van der Waals surface area contributed by atoms with E-state index in [4.69, 9.17) is 20.1 Å². The lowest BCUT2D eigenvalue weighted by atomic mass is 10.3. The van der Waals surface area contributed by atoms with Gasteiger partial charge in [0.05, 0.1) is 0 Å². The Morgan fingerprint density at radius 1 is 1.20 bits per heavy atom. The van der Waals surface area contributed by atoms with Gasteiger partial charge in [-0.15, -0.1) is 11.8 Å². The number of benzene rings is 1. The van der Waals surface area contributed by atoms with Gasteiger partial charge in [0.15, 0.2) is 0 Å². The molecule has 6 heteroatoms. The van der Waals surface area contributed by atoms with E-state index in [2.05, 4.69) is 0 Å². The second-order valence-corrected chi connectivity index (χ2v) is 6.45. The predicted molar refractivity (Wildman–Crippen MR) is 63.4 cm³/mol. The molecular formula is C9H15NO3SSi. The zero-order valence-electron chi connectivity index (χ0n) is 8.26. The fourth-order valence-electron chi connectivity index (χ4n) is 1.10. The summed E-state index contributed by atoms with van der Waals surface area (Å²) in [7, 11) is -3.85. The van der Waals surface area contributed by atoms with Crippen molar-refractivity contribution in [2.24, 2.45) is 0 Å². The summed E-state index contributed by atoms with van der Waals surface area (Å²) in [6, 6.07) is 7.59. The standard InChI is InChI=1S/C9H15NO3SSi/c10-8-4-1-2-5-9(8)14-6-3-7-15(11,12)13/h1-2,4-5,11-13H,3,6-7,10H2. The van der Waals surface area contributed by atoms with Gasteiger partial charge in [0, 0.05) is 16.6 Å². The van der Waals surface area contributed by atoms with Crippen LogP contribution in [-0.2, 0) is 0 Å². The zero-order chi connectivity index (χ0) is 11.3. The summed E-state index contributed by atoms with van der Waals surface area (Å²) in [5, 5.41) is 0. The highest BCUT2D eigenvalue weighted by Gasteiger charge is 2.25. The minimum Gasteiger partial charge on any atom is -0.398 e. The molecule has 0 amide bonds. The minimum absolute atomic E-state index is 0.0761. The maximum absolute atomic E-state index is 8.79. The Morgan fingerprint density at radius 3 is 2.47 bits per heavy atom. The van der Waals surface area contributed by atoms with Gasteiger partial charge in [-0.2, -0.15) is 0 Å². The number of thioether (sulfide) groups is 1. The highest BCUT2D eigenvalue weighted by atomic mass is 32.2. The first kappa shape index (κ1) is 12.5. The predicted octanol–water partition coefficient (Wildman–Crippen LogP) is 0.667. The highest BCUT2D eigenvalue weighted by molar-refractivity contribution is 7.99. The molecule has 0 saturated carbocycles. The summed E-state index contributed by atoms with van der Waals surface area (Å²) in [4.78, 5) is 27.3. The Hall–Kier alpha value is -0.533. The normalized spacial score (nSPS) is 11.7. The van der Waals surface area contributed by atoms with E-state index in [-0.39, 0.29) is 6.04 Å². The van der Waals surface area contributed by atoms with Crippen LogP contribution in [0.15, 0.2) is 29.2 Å². The molecule has 84 valence electrons. The molecule has 0 atom stereocenters. The van der Waals surface area contributed by atoms with E-state index < -0.39 is 8.80 Å². The molecule has 15 heavy (non-hydrogen) atoms. The summed E-state index contributed by atoms with van der Waals surface area (Å²) in [6.45, 7) is 0. The molecule has 1 rings (SSSR count). The van der Waals surface area contributed by atoms with Crippen LogP contribution in [0.4, 0.5) is 5.69 Å². The van der Waals surface area contributed by atoms with Gasteiger partial charge in [0.2, 0.25) is 0 Å².